The Hall–Kier alpha value is -0.130. The van der Waals surface area contributed by atoms with Gasteiger partial charge in [-0.05, 0) is 32.2 Å². The van der Waals surface area contributed by atoms with Crippen LogP contribution in [0.25, 0.3) is 0 Å². The van der Waals surface area contributed by atoms with Gasteiger partial charge >= 0.3 is 0 Å². The molecule has 1 aliphatic rings. The highest BCUT2D eigenvalue weighted by Gasteiger charge is 2.31. The quantitative estimate of drug-likeness (QED) is 0.767. The maximum Gasteiger partial charge on any atom is 0.148 e. The van der Waals surface area contributed by atoms with Crippen LogP contribution < -0.4 is 5.32 Å². The molecule has 0 aromatic rings. The van der Waals surface area contributed by atoms with Gasteiger partial charge in [0.15, 0.2) is 0 Å². The Morgan fingerprint density at radius 2 is 2.06 bits per heavy atom. The third-order valence-corrected chi connectivity index (χ3v) is 4.45. The Balaban J connectivity index is 2.54. The normalized spacial score (nSPS) is 26.0. The van der Waals surface area contributed by atoms with Crippen LogP contribution in [0.3, 0.4) is 0 Å². The van der Waals surface area contributed by atoms with Crippen LogP contribution in [0, 0.1) is 5.41 Å². The lowest BCUT2D eigenvalue weighted by atomic mass is 9.89. The van der Waals surface area contributed by atoms with Gasteiger partial charge in [-0.1, -0.05) is 6.92 Å². The first kappa shape index (κ1) is 14.9. The lowest BCUT2D eigenvalue weighted by molar-refractivity contribution is 0.152. The van der Waals surface area contributed by atoms with Crippen molar-refractivity contribution in [1.82, 2.24) is 10.2 Å². The van der Waals surface area contributed by atoms with E-state index in [1.54, 1.807) is 0 Å². The summed E-state index contributed by atoms with van der Waals surface area (Å²) in [5.41, 5.74) is 0.293. The molecule has 1 aliphatic heterocycles. The summed E-state index contributed by atoms with van der Waals surface area (Å²) in [6.45, 7) is 10.3. The SMILES string of the molecule is CC(C)N(CCS(C)(=O)=O)CC1(C)CCNC1. The summed E-state index contributed by atoms with van der Waals surface area (Å²) in [7, 11) is -2.86. The first-order valence-corrected chi connectivity index (χ1v) is 8.40. The van der Waals surface area contributed by atoms with Gasteiger partial charge in [0.1, 0.15) is 9.84 Å². The van der Waals surface area contributed by atoms with Crippen molar-refractivity contribution in [2.75, 3.05) is 38.2 Å². The number of nitrogens with zero attached hydrogens (tertiary/aromatic N) is 1. The second-order valence-corrected chi connectivity index (χ2v) is 8.19. The number of sulfone groups is 1. The van der Waals surface area contributed by atoms with E-state index in [-0.39, 0.29) is 5.75 Å². The van der Waals surface area contributed by atoms with Gasteiger partial charge in [-0.2, -0.15) is 0 Å². The summed E-state index contributed by atoms with van der Waals surface area (Å²) in [6.07, 6.45) is 2.49. The van der Waals surface area contributed by atoms with E-state index in [0.717, 1.165) is 19.6 Å². The number of rotatable bonds is 6. The zero-order valence-corrected chi connectivity index (χ0v) is 12.3. The van der Waals surface area contributed by atoms with Crippen LogP contribution in [0.2, 0.25) is 0 Å². The molecule has 1 heterocycles. The van der Waals surface area contributed by atoms with E-state index in [2.05, 4.69) is 31.0 Å². The highest BCUT2D eigenvalue weighted by atomic mass is 32.2. The Labute approximate surface area is 106 Å². The molecule has 1 atom stereocenters. The summed E-state index contributed by atoms with van der Waals surface area (Å²) in [6, 6.07) is 0.397. The molecule has 1 saturated heterocycles. The Morgan fingerprint density at radius 3 is 2.47 bits per heavy atom. The molecule has 0 spiro atoms. The molecule has 1 N–H and O–H groups in total. The fourth-order valence-electron chi connectivity index (χ4n) is 2.30. The van der Waals surface area contributed by atoms with Crippen molar-refractivity contribution in [2.24, 2.45) is 5.41 Å². The highest BCUT2D eigenvalue weighted by molar-refractivity contribution is 7.90. The Bertz CT molecular complexity index is 332. The molecule has 0 aliphatic carbocycles. The third-order valence-electron chi connectivity index (χ3n) is 3.52. The molecule has 4 nitrogen and oxygen atoms in total. The molecule has 0 bridgehead atoms. The summed E-state index contributed by atoms with van der Waals surface area (Å²) >= 11 is 0. The predicted molar refractivity (Wildman–Crippen MR) is 72.0 cm³/mol. The lowest BCUT2D eigenvalue weighted by Gasteiger charge is -2.34. The van der Waals surface area contributed by atoms with E-state index in [4.69, 9.17) is 0 Å². The van der Waals surface area contributed by atoms with Crippen molar-refractivity contribution >= 4 is 9.84 Å². The average Bonchev–Trinajstić information content (AvgIpc) is 2.58. The van der Waals surface area contributed by atoms with Crippen LogP contribution in [0.5, 0.6) is 0 Å². The molecule has 1 fully saturated rings. The van der Waals surface area contributed by atoms with E-state index in [1.165, 1.54) is 12.7 Å². The molecule has 1 rings (SSSR count). The lowest BCUT2D eigenvalue weighted by Crippen LogP contribution is -2.43. The zero-order chi connectivity index (χ0) is 13.1. The van der Waals surface area contributed by atoms with Gasteiger partial charge in [-0.25, -0.2) is 8.42 Å². The van der Waals surface area contributed by atoms with Gasteiger partial charge in [0.2, 0.25) is 0 Å². The van der Waals surface area contributed by atoms with Crippen molar-refractivity contribution in [1.29, 1.82) is 0 Å². The van der Waals surface area contributed by atoms with E-state index in [1.807, 2.05) is 0 Å². The van der Waals surface area contributed by atoms with Crippen molar-refractivity contribution in [3.05, 3.63) is 0 Å². The third kappa shape index (κ3) is 5.36. The average molecular weight is 262 g/mol. The van der Waals surface area contributed by atoms with E-state index >= 15 is 0 Å². The molecule has 1 unspecified atom stereocenters. The van der Waals surface area contributed by atoms with E-state index in [0.29, 0.717) is 18.0 Å². The molecule has 0 aromatic heterocycles. The Kier molecular flexibility index (Phi) is 4.98. The molecule has 0 radical (unpaired) electrons. The molecule has 0 aromatic carbocycles. The number of nitrogens with one attached hydrogen (secondary N) is 1. The van der Waals surface area contributed by atoms with Crippen LogP contribution in [0.1, 0.15) is 27.2 Å². The van der Waals surface area contributed by atoms with Gasteiger partial charge < -0.3 is 5.32 Å². The summed E-state index contributed by atoms with van der Waals surface area (Å²) in [4.78, 5) is 2.29. The van der Waals surface area contributed by atoms with E-state index < -0.39 is 9.84 Å². The van der Waals surface area contributed by atoms with Crippen molar-refractivity contribution in [2.45, 2.75) is 33.2 Å². The first-order chi connectivity index (χ1) is 7.72. The minimum atomic E-state index is -2.86. The molecular formula is C12H26N2O2S. The number of hydrogen-bond acceptors (Lipinski definition) is 4. The summed E-state index contributed by atoms with van der Waals surface area (Å²) in [5, 5.41) is 3.38. The smallest absolute Gasteiger partial charge is 0.148 e. The van der Waals surface area contributed by atoms with Gasteiger partial charge in [0.05, 0.1) is 5.75 Å². The van der Waals surface area contributed by atoms with Gasteiger partial charge in [-0.15, -0.1) is 0 Å². The van der Waals surface area contributed by atoms with Crippen LogP contribution >= 0.6 is 0 Å². The van der Waals surface area contributed by atoms with Gasteiger partial charge in [0.25, 0.3) is 0 Å². The molecule has 17 heavy (non-hydrogen) atoms. The van der Waals surface area contributed by atoms with Gasteiger partial charge in [0, 0.05) is 31.9 Å². The highest BCUT2D eigenvalue weighted by Crippen LogP contribution is 2.26. The van der Waals surface area contributed by atoms with E-state index in [9.17, 15) is 8.42 Å². The van der Waals surface area contributed by atoms with Crippen LogP contribution in [0.4, 0.5) is 0 Å². The molecule has 0 saturated carbocycles. The molecule has 5 heteroatoms. The second kappa shape index (κ2) is 5.67. The second-order valence-electron chi connectivity index (χ2n) is 5.93. The minimum absolute atomic E-state index is 0.259. The maximum absolute atomic E-state index is 11.2. The standard InChI is InChI=1S/C12H26N2O2S/c1-11(2)14(7-8-17(4,15)16)10-12(3)5-6-13-9-12/h11,13H,5-10H2,1-4H3. The monoisotopic (exact) mass is 262 g/mol. The molecule has 0 amide bonds. The fourth-order valence-corrected chi connectivity index (χ4v) is 2.86. The molecular weight excluding hydrogens is 236 g/mol. The van der Waals surface area contributed by atoms with Crippen LogP contribution in [-0.2, 0) is 9.84 Å². The van der Waals surface area contributed by atoms with Crippen LogP contribution in [-0.4, -0.2) is 57.5 Å². The van der Waals surface area contributed by atoms with Crippen molar-refractivity contribution in [3.63, 3.8) is 0 Å². The zero-order valence-electron chi connectivity index (χ0n) is 11.5. The maximum atomic E-state index is 11.2. The van der Waals surface area contributed by atoms with Gasteiger partial charge in [-0.3, -0.25) is 4.90 Å². The first-order valence-electron chi connectivity index (χ1n) is 6.34. The molecule has 102 valence electrons. The van der Waals surface area contributed by atoms with Crippen molar-refractivity contribution < 1.29 is 8.42 Å². The predicted octanol–water partition coefficient (Wildman–Crippen LogP) is 0.741. The summed E-state index contributed by atoms with van der Waals surface area (Å²) in [5.74, 6) is 0.259. The minimum Gasteiger partial charge on any atom is -0.316 e. The largest absolute Gasteiger partial charge is 0.316 e. The van der Waals surface area contributed by atoms with Crippen LogP contribution in [0.15, 0.2) is 0 Å². The summed E-state index contributed by atoms with van der Waals surface area (Å²) < 4.78 is 22.5. The number of hydrogen-bond donors (Lipinski definition) is 1. The van der Waals surface area contributed by atoms with Crippen molar-refractivity contribution in [3.8, 4) is 0 Å². The Morgan fingerprint density at radius 1 is 1.41 bits per heavy atom. The fraction of sp³-hybridized carbons (Fsp3) is 1.00. The topological polar surface area (TPSA) is 49.4 Å².